The fraction of sp³-hybridized carbons (Fsp3) is 0.538. The summed E-state index contributed by atoms with van der Waals surface area (Å²) in [6, 6.07) is 3.87. The van der Waals surface area contributed by atoms with Crippen molar-refractivity contribution in [3.8, 4) is 0 Å². The van der Waals surface area contributed by atoms with Crippen LogP contribution in [-0.4, -0.2) is 16.4 Å². The predicted molar refractivity (Wildman–Crippen MR) is 67.3 cm³/mol. The van der Waals surface area contributed by atoms with Gasteiger partial charge in [-0.05, 0) is 43.4 Å². The molecule has 1 amide bonds. The zero-order chi connectivity index (χ0) is 12.8. The van der Waals surface area contributed by atoms with Gasteiger partial charge in [0.1, 0.15) is 0 Å². The first-order chi connectivity index (χ1) is 8.58. The first-order valence-electron chi connectivity index (χ1n) is 6.35. The second-order valence-corrected chi connectivity index (χ2v) is 5.45. The maximum Gasteiger partial charge on any atom is 0.240 e. The third kappa shape index (κ3) is 1.89. The summed E-state index contributed by atoms with van der Waals surface area (Å²) in [4.78, 5) is 16.4. The lowest BCUT2D eigenvalue weighted by atomic mass is 10.1. The number of carbonyl (C=O) groups excluding carboxylic acids is 1. The van der Waals surface area contributed by atoms with E-state index in [0.29, 0.717) is 6.54 Å². The highest BCUT2D eigenvalue weighted by atomic mass is 16.2. The fourth-order valence-electron chi connectivity index (χ4n) is 2.14. The number of rotatable bonds is 4. The highest BCUT2D eigenvalue weighted by molar-refractivity contribution is 5.90. The zero-order valence-electron chi connectivity index (χ0n) is 10.3. The lowest BCUT2D eigenvalue weighted by molar-refractivity contribution is -0.124. The highest BCUT2D eigenvalue weighted by Crippen LogP contribution is 2.46. The van der Waals surface area contributed by atoms with Crippen LogP contribution in [0, 0.1) is 0 Å². The van der Waals surface area contributed by atoms with Gasteiger partial charge in [-0.25, -0.2) is 0 Å². The molecular formula is C13H18N4O. The van der Waals surface area contributed by atoms with Crippen LogP contribution in [0.15, 0.2) is 18.3 Å². The third-order valence-corrected chi connectivity index (χ3v) is 3.89. The van der Waals surface area contributed by atoms with Gasteiger partial charge in [0.05, 0.1) is 16.8 Å². The van der Waals surface area contributed by atoms with Gasteiger partial charge in [0.25, 0.3) is 0 Å². The number of pyridine rings is 1. The van der Waals surface area contributed by atoms with Gasteiger partial charge in [-0.15, -0.1) is 0 Å². The molecule has 3 rings (SSSR count). The monoisotopic (exact) mass is 246 g/mol. The number of aromatic nitrogens is 1. The Kier molecular flexibility index (Phi) is 2.43. The number of carbonyl (C=O) groups is 1. The van der Waals surface area contributed by atoms with Crippen LogP contribution in [0.2, 0.25) is 0 Å². The molecule has 5 heteroatoms. The zero-order valence-corrected chi connectivity index (χ0v) is 10.3. The van der Waals surface area contributed by atoms with Gasteiger partial charge in [-0.1, -0.05) is 0 Å². The minimum Gasteiger partial charge on any atom is -0.343 e. The maximum absolute atomic E-state index is 12.0. The summed E-state index contributed by atoms with van der Waals surface area (Å²) in [5.74, 6) is -0.0417. The standard InChI is InChI=1S/C13H18N4O/c14-8-9-1-6-16-10(7-9)13(4-5-13)17-11(18)12(15)2-3-12/h1,6-7H,2-5,8,14-15H2,(H,17,18). The maximum atomic E-state index is 12.0. The van der Waals surface area contributed by atoms with E-state index in [4.69, 9.17) is 11.5 Å². The Morgan fingerprint density at radius 1 is 1.39 bits per heavy atom. The molecule has 5 N–H and O–H groups in total. The second kappa shape index (κ2) is 3.76. The second-order valence-electron chi connectivity index (χ2n) is 5.45. The van der Waals surface area contributed by atoms with Crippen LogP contribution in [-0.2, 0) is 16.9 Å². The molecule has 0 radical (unpaired) electrons. The Morgan fingerprint density at radius 2 is 2.11 bits per heavy atom. The molecule has 96 valence electrons. The molecule has 5 nitrogen and oxygen atoms in total. The van der Waals surface area contributed by atoms with Crippen LogP contribution >= 0.6 is 0 Å². The number of hydrogen-bond acceptors (Lipinski definition) is 4. The van der Waals surface area contributed by atoms with Crippen LogP contribution in [0.5, 0.6) is 0 Å². The van der Waals surface area contributed by atoms with Crippen LogP contribution in [0.1, 0.15) is 36.9 Å². The Balaban J connectivity index is 1.79. The molecule has 18 heavy (non-hydrogen) atoms. The quantitative estimate of drug-likeness (QED) is 0.704. The van der Waals surface area contributed by atoms with Crippen LogP contribution < -0.4 is 16.8 Å². The minimum absolute atomic E-state index is 0.0417. The summed E-state index contributed by atoms with van der Waals surface area (Å²) in [6.45, 7) is 0.486. The average molecular weight is 246 g/mol. The molecule has 0 bridgehead atoms. The van der Waals surface area contributed by atoms with Gasteiger partial charge in [-0.3, -0.25) is 9.78 Å². The van der Waals surface area contributed by atoms with Crippen molar-refractivity contribution in [2.24, 2.45) is 11.5 Å². The molecule has 1 aromatic rings. The molecule has 0 aliphatic heterocycles. The van der Waals surface area contributed by atoms with E-state index in [9.17, 15) is 4.79 Å². The van der Waals surface area contributed by atoms with Crippen molar-refractivity contribution in [1.82, 2.24) is 10.3 Å². The number of nitrogens with two attached hydrogens (primary N) is 2. The van der Waals surface area contributed by atoms with Crippen molar-refractivity contribution >= 4 is 5.91 Å². The summed E-state index contributed by atoms with van der Waals surface area (Å²) in [6.07, 6.45) is 5.17. The number of amides is 1. The lowest BCUT2D eigenvalue weighted by Crippen LogP contribution is -2.47. The van der Waals surface area contributed by atoms with E-state index in [2.05, 4.69) is 10.3 Å². The van der Waals surface area contributed by atoms with Gasteiger partial charge in [-0.2, -0.15) is 0 Å². The Hall–Kier alpha value is -1.46. The molecule has 2 saturated carbocycles. The first-order valence-corrected chi connectivity index (χ1v) is 6.35. The SMILES string of the molecule is NCc1ccnc(C2(NC(=O)C3(N)CC3)CC2)c1. The summed E-state index contributed by atoms with van der Waals surface area (Å²) in [7, 11) is 0. The molecule has 2 fully saturated rings. The van der Waals surface area contributed by atoms with Crippen molar-refractivity contribution in [2.75, 3.05) is 0 Å². The van der Waals surface area contributed by atoms with Crippen molar-refractivity contribution < 1.29 is 4.79 Å². The molecule has 2 aliphatic rings. The molecule has 1 aromatic heterocycles. The van der Waals surface area contributed by atoms with Crippen LogP contribution in [0.25, 0.3) is 0 Å². The van der Waals surface area contributed by atoms with E-state index >= 15 is 0 Å². The van der Waals surface area contributed by atoms with E-state index in [1.807, 2.05) is 12.1 Å². The molecule has 0 spiro atoms. The molecule has 0 aromatic carbocycles. The van der Waals surface area contributed by atoms with Crippen molar-refractivity contribution in [2.45, 2.75) is 43.3 Å². The summed E-state index contributed by atoms with van der Waals surface area (Å²) >= 11 is 0. The van der Waals surface area contributed by atoms with Crippen molar-refractivity contribution in [3.05, 3.63) is 29.6 Å². The fourth-order valence-corrected chi connectivity index (χ4v) is 2.14. The molecule has 1 heterocycles. The van der Waals surface area contributed by atoms with Crippen LogP contribution in [0.3, 0.4) is 0 Å². The summed E-state index contributed by atoms with van der Waals surface area (Å²) < 4.78 is 0. The molecular weight excluding hydrogens is 228 g/mol. The third-order valence-electron chi connectivity index (χ3n) is 3.89. The Labute approximate surface area is 106 Å². The van der Waals surface area contributed by atoms with Crippen molar-refractivity contribution in [3.63, 3.8) is 0 Å². The number of hydrogen-bond donors (Lipinski definition) is 3. The molecule has 2 aliphatic carbocycles. The minimum atomic E-state index is -0.624. The molecule has 0 unspecified atom stereocenters. The van der Waals surface area contributed by atoms with Crippen molar-refractivity contribution in [1.29, 1.82) is 0 Å². The Bertz CT molecular complexity index is 492. The van der Waals surface area contributed by atoms with Crippen LogP contribution in [0.4, 0.5) is 0 Å². The summed E-state index contributed by atoms with van der Waals surface area (Å²) in [5, 5.41) is 3.07. The molecule has 0 saturated heterocycles. The topological polar surface area (TPSA) is 94.0 Å². The van der Waals surface area contributed by atoms with Gasteiger partial charge in [0, 0.05) is 12.7 Å². The van der Waals surface area contributed by atoms with E-state index in [1.54, 1.807) is 6.20 Å². The van der Waals surface area contributed by atoms with Gasteiger partial charge in [0.15, 0.2) is 0 Å². The number of nitrogens with one attached hydrogen (secondary N) is 1. The predicted octanol–water partition coefficient (Wildman–Crippen LogP) is 0.137. The smallest absolute Gasteiger partial charge is 0.240 e. The molecule has 0 atom stereocenters. The lowest BCUT2D eigenvalue weighted by Gasteiger charge is -2.20. The summed E-state index contributed by atoms with van der Waals surface area (Å²) in [5.41, 5.74) is 12.6. The van der Waals surface area contributed by atoms with E-state index in [1.165, 1.54) is 0 Å². The van der Waals surface area contributed by atoms with Gasteiger partial charge in [0.2, 0.25) is 5.91 Å². The first kappa shape index (κ1) is 11.6. The highest BCUT2D eigenvalue weighted by Gasteiger charge is 2.53. The number of nitrogens with zero attached hydrogens (tertiary/aromatic N) is 1. The van der Waals surface area contributed by atoms with Gasteiger partial charge < -0.3 is 16.8 Å². The van der Waals surface area contributed by atoms with E-state index in [-0.39, 0.29) is 11.4 Å². The Morgan fingerprint density at radius 3 is 2.67 bits per heavy atom. The van der Waals surface area contributed by atoms with E-state index < -0.39 is 5.54 Å². The van der Waals surface area contributed by atoms with Gasteiger partial charge >= 0.3 is 0 Å². The van der Waals surface area contributed by atoms with E-state index in [0.717, 1.165) is 36.9 Å². The average Bonchev–Trinajstić information content (AvgIpc) is 3.28. The largest absolute Gasteiger partial charge is 0.343 e. The normalized spacial score (nSPS) is 22.3.